The number of rotatable bonds is 9. The van der Waals surface area contributed by atoms with Gasteiger partial charge in [0.2, 0.25) is 5.75 Å². The van der Waals surface area contributed by atoms with Crippen LogP contribution in [0.25, 0.3) is 0 Å². The first kappa shape index (κ1) is 20.6. The zero-order valence-electron chi connectivity index (χ0n) is 15.9. The third-order valence-corrected chi connectivity index (χ3v) is 4.37. The minimum Gasteiger partial charge on any atom is -0.490 e. The predicted molar refractivity (Wildman–Crippen MR) is 106 cm³/mol. The van der Waals surface area contributed by atoms with Crippen molar-refractivity contribution in [3.8, 4) is 17.2 Å². The molecule has 0 aliphatic carbocycles. The predicted octanol–water partition coefficient (Wildman–Crippen LogP) is 3.56. The minimum absolute atomic E-state index is 0.261. The van der Waals surface area contributed by atoms with E-state index in [1.54, 1.807) is 30.6 Å². The smallest absolute Gasteiger partial charge is 0.256 e. The molecule has 0 unspecified atom stereocenters. The van der Waals surface area contributed by atoms with Crippen LogP contribution in [0.3, 0.4) is 0 Å². The normalized spacial score (nSPS) is 10.2. The van der Waals surface area contributed by atoms with E-state index in [0.29, 0.717) is 53.2 Å². The van der Waals surface area contributed by atoms with Crippen LogP contribution < -0.4 is 24.8 Å². The van der Waals surface area contributed by atoms with E-state index >= 15 is 0 Å². The van der Waals surface area contributed by atoms with Gasteiger partial charge in [0, 0.05) is 12.6 Å². The van der Waals surface area contributed by atoms with Crippen LogP contribution >= 0.6 is 11.3 Å². The summed E-state index contributed by atoms with van der Waals surface area (Å²) in [4.78, 5) is 24.7. The summed E-state index contributed by atoms with van der Waals surface area (Å²) in [7, 11) is 1.54. The van der Waals surface area contributed by atoms with Crippen LogP contribution in [0.15, 0.2) is 23.6 Å². The molecule has 0 saturated carbocycles. The van der Waals surface area contributed by atoms with Crippen molar-refractivity contribution in [3.63, 3.8) is 0 Å². The van der Waals surface area contributed by atoms with Gasteiger partial charge in [-0.05, 0) is 44.4 Å². The van der Waals surface area contributed by atoms with E-state index < -0.39 is 0 Å². The fourth-order valence-corrected chi connectivity index (χ4v) is 3.19. The highest BCUT2D eigenvalue weighted by Gasteiger charge is 2.20. The van der Waals surface area contributed by atoms with Crippen LogP contribution in [-0.2, 0) is 0 Å². The monoisotopic (exact) mass is 392 g/mol. The second-order valence-corrected chi connectivity index (χ2v) is 6.21. The summed E-state index contributed by atoms with van der Waals surface area (Å²) in [5, 5.41) is 7.55. The van der Waals surface area contributed by atoms with Gasteiger partial charge in [0.1, 0.15) is 5.00 Å². The Kier molecular flexibility index (Phi) is 7.48. The van der Waals surface area contributed by atoms with E-state index in [1.807, 2.05) is 20.8 Å². The number of amides is 2. The average Bonchev–Trinajstić information content (AvgIpc) is 3.11. The van der Waals surface area contributed by atoms with Crippen LogP contribution in [0.2, 0.25) is 0 Å². The first-order valence-corrected chi connectivity index (χ1v) is 9.60. The van der Waals surface area contributed by atoms with Crippen molar-refractivity contribution in [1.82, 2.24) is 5.32 Å². The lowest BCUT2D eigenvalue weighted by Crippen LogP contribution is -2.20. The third kappa shape index (κ3) is 4.91. The summed E-state index contributed by atoms with van der Waals surface area (Å²) in [5.41, 5.74) is 0.762. The maximum absolute atomic E-state index is 12.8. The highest BCUT2D eigenvalue weighted by molar-refractivity contribution is 7.14. The quantitative estimate of drug-likeness (QED) is 0.682. The van der Waals surface area contributed by atoms with Gasteiger partial charge in [-0.3, -0.25) is 9.59 Å². The van der Waals surface area contributed by atoms with Crippen molar-refractivity contribution in [3.05, 3.63) is 34.7 Å². The summed E-state index contributed by atoms with van der Waals surface area (Å²) in [6.07, 6.45) is 0. The number of hydrogen-bond donors (Lipinski definition) is 2. The van der Waals surface area contributed by atoms with Gasteiger partial charge in [0.25, 0.3) is 11.8 Å². The summed E-state index contributed by atoms with van der Waals surface area (Å²) < 4.78 is 16.9. The lowest BCUT2D eigenvalue weighted by Gasteiger charge is -2.17. The van der Waals surface area contributed by atoms with Gasteiger partial charge >= 0.3 is 0 Å². The number of ether oxygens (including phenoxy) is 3. The number of carbonyl (C=O) groups excluding carboxylic acids is 2. The van der Waals surface area contributed by atoms with E-state index in [4.69, 9.17) is 14.2 Å². The molecule has 1 heterocycles. The van der Waals surface area contributed by atoms with E-state index in [2.05, 4.69) is 10.6 Å². The first-order chi connectivity index (χ1) is 13.0. The van der Waals surface area contributed by atoms with Crippen LogP contribution in [0.5, 0.6) is 17.2 Å². The number of anilines is 1. The molecule has 1 aromatic carbocycles. The molecule has 8 heteroatoms. The number of hydrogen-bond acceptors (Lipinski definition) is 6. The standard InChI is InChI=1S/C19H24N2O5S/c1-5-24-14-10-12(11-15(25-6-2)16(14)26-7-3)17(22)21-19-13(8-9-27-19)18(23)20-4/h8-11H,5-7H2,1-4H3,(H,20,23)(H,21,22). The van der Waals surface area contributed by atoms with Crippen molar-refractivity contribution in [2.75, 3.05) is 32.2 Å². The van der Waals surface area contributed by atoms with Gasteiger partial charge in [0.05, 0.1) is 25.4 Å². The molecule has 0 saturated heterocycles. The van der Waals surface area contributed by atoms with Gasteiger partial charge in [-0.25, -0.2) is 0 Å². The Bertz CT molecular complexity index is 776. The molecule has 0 atom stereocenters. The van der Waals surface area contributed by atoms with Crippen molar-refractivity contribution in [2.24, 2.45) is 0 Å². The Hall–Kier alpha value is -2.74. The molecule has 2 amide bonds. The second kappa shape index (κ2) is 9.82. The molecule has 0 fully saturated rings. The van der Waals surface area contributed by atoms with E-state index in [-0.39, 0.29) is 11.8 Å². The molecule has 7 nitrogen and oxygen atoms in total. The van der Waals surface area contributed by atoms with Crippen molar-refractivity contribution in [1.29, 1.82) is 0 Å². The Morgan fingerprint density at radius 3 is 2.07 bits per heavy atom. The highest BCUT2D eigenvalue weighted by Crippen LogP contribution is 2.39. The van der Waals surface area contributed by atoms with Gasteiger partial charge < -0.3 is 24.8 Å². The maximum Gasteiger partial charge on any atom is 0.256 e. The molecule has 2 aromatic rings. The number of benzene rings is 1. The molecular weight excluding hydrogens is 368 g/mol. The summed E-state index contributed by atoms with van der Waals surface area (Å²) >= 11 is 1.28. The van der Waals surface area contributed by atoms with Crippen LogP contribution in [0.4, 0.5) is 5.00 Å². The molecule has 27 heavy (non-hydrogen) atoms. The third-order valence-electron chi connectivity index (χ3n) is 3.54. The maximum atomic E-state index is 12.8. The van der Waals surface area contributed by atoms with Gasteiger partial charge in [-0.1, -0.05) is 0 Å². The SMILES string of the molecule is CCOc1cc(C(=O)Nc2sccc2C(=O)NC)cc(OCC)c1OCC. The van der Waals surface area contributed by atoms with Crippen LogP contribution in [0.1, 0.15) is 41.5 Å². The highest BCUT2D eigenvalue weighted by atomic mass is 32.1. The summed E-state index contributed by atoms with van der Waals surface area (Å²) in [5.74, 6) is 0.719. The molecule has 0 bridgehead atoms. The van der Waals surface area contributed by atoms with Gasteiger partial charge in [-0.2, -0.15) is 0 Å². The number of thiophene rings is 1. The Morgan fingerprint density at radius 2 is 1.56 bits per heavy atom. The topological polar surface area (TPSA) is 85.9 Å². The molecule has 1 aromatic heterocycles. The van der Waals surface area contributed by atoms with E-state index in [1.165, 1.54) is 11.3 Å². The summed E-state index contributed by atoms with van der Waals surface area (Å²) in [6, 6.07) is 4.88. The Balaban J connectivity index is 2.37. The van der Waals surface area contributed by atoms with Crippen LogP contribution in [-0.4, -0.2) is 38.7 Å². The van der Waals surface area contributed by atoms with E-state index in [9.17, 15) is 9.59 Å². The molecule has 0 spiro atoms. The molecule has 2 rings (SSSR count). The molecule has 0 aliphatic rings. The molecule has 2 N–H and O–H groups in total. The van der Waals surface area contributed by atoms with Gasteiger partial charge in [-0.15, -0.1) is 11.3 Å². The lowest BCUT2D eigenvalue weighted by molar-refractivity contribution is 0.0964. The van der Waals surface area contributed by atoms with Crippen LogP contribution in [0, 0.1) is 0 Å². The zero-order valence-corrected chi connectivity index (χ0v) is 16.7. The van der Waals surface area contributed by atoms with Gasteiger partial charge in [0.15, 0.2) is 11.5 Å². The number of carbonyl (C=O) groups is 2. The van der Waals surface area contributed by atoms with Crippen molar-refractivity contribution >= 4 is 28.2 Å². The van der Waals surface area contributed by atoms with Crippen molar-refractivity contribution < 1.29 is 23.8 Å². The molecular formula is C19H24N2O5S. The van der Waals surface area contributed by atoms with E-state index in [0.717, 1.165) is 0 Å². The lowest BCUT2D eigenvalue weighted by atomic mass is 10.1. The fraction of sp³-hybridized carbons (Fsp3) is 0.368. The largest absolute Gasteiger partial charge is 0.490 e. The average molecular weight is 392 g/mol. The minimum atomic E-state index is -0.368. The number of nitrogens with one attached hydrogen (secondary N) is 2. The molecule has 0 aliphatic heterocycles. The Labute approximate surface area is 162 Å². The zero-order chi connectivity index (χ0) is 19.8. The van der Waals surface area contributed by atoms with Crippen molar-refractivity contribution in [2.45, 2.75) is 20.8 Å². The second-order valence-electron chi connectivity index (χ2n) is 5.30. The molecule has 146 valence electrons. The molecule has 0 radical (unpaired) electrons. The fourth-order valence-electron chi connectivity index (χ4n) is 2.41. The first-order valence-electron chi connectivity index (χ1n) is 8.72. The Morgan fingerprint density at radius 1 is 0.963 bits per heavy atom. The summed E-state index contributed by atoms with van der Waals surface area (Å²) in [6.45, 7) is 6.85.